The molecule has 5 nitrogen and oxygen atoms in total. The third-order valence-corrected chi connectivity index (χ3v) is 6.28. The number of Topliss-reactive ketones (excluding diaryl/α,β-unsaturated/α-hetero) is 1. The Morgan fingerprint density at radius 1 is 0.971 bits per heavy atom. The second kappa shape index (κ2) is 9.22. The van der Waals surface area contributed by atoms with Crippen LogP contribution in [0, 0.1) is 5.82 Å². The lowest BCUT2D eigenvalue weighted by atomic mass is 9.79. The van der Waals surface area contributed by atoms with Crippen LogP contribution in [0.3, 0.4) is 0 Å². The fraction of sp³-hybridized carbons (Fsp3) is 0.172. The number of carbonyl (C=O) groups excluding carboxylic acids is 2. The predicted molar refractivity (Wildman–Crippen MR) is 130 cm³/mol. The molecule has 0 fully saturated rings. The summed E-state index contributed by atoms with van der Waals surface area (Å²) in [5, 5.41) is 3.30. The molecular formula is C29H24FNO4. The first kappa shape index (κ1) is 22.6. The van der Waals surface area contributed by atoms with Crippen molar-refractivity contribution in [3.63, 3.8) is 0 Å². The molecule has 1 heterocycles. The maximum Gasteiger partial charge on any atom is 0.336 e. The molecule has 6 heteroatoms. The van der Waals surface area contributed by atoms with Crippen molar-refractivity contribution < 1.29 is 23.5 Å². The Bertz CT molecular complexity index is 1390. The monoisotopic (exact) mass is 469 g/mol. The molecule has 176 valence electrons. The molecular weight excluding hydrogens is 445 g/mol. The van der Waals surface area contributed by atoms with Gasteiger partial charge in [-0.2, -0.15) is 0 Å². The van der Waals surface area contributed by atoms with Crippen molar-refractivity contribution in [2.45, 2.75) is 26.4 Å². The first-order valence-corrected chi connectivity index (χ1v) is 11.5. The van der Waals surface area contributed by atoms with E-state index < -0.39 is 11.9 Å². The normalized spacial score (nSPS) is 16.5. The molecule has 0 aromatic heterocycles. The molecule has 1 aliphatic heterocycles. The van der Waals surface area contributed by atoms with Crippen LogP contribution in [0.15, 0.2) is 89.6 Å². The number of benzene rings is 3. The molecule has 0 bridgehead atoms. The van der Waals surface area contributed by atoms with Crippen LogP contribution in [0.2, 0.25) is 0 Å². The standard InChI is InChI=1S/C29H24FNO4/c1-3-34-29(33)24-17(2)31-27-20-8-4-5-9-21(20)28(32)26(27)25(24)22-10-6-7-11-23(22)35-16-18-12-14-19(30)15-13-18/h4-15,25,31H,3,16H2,1-2H3. The van der Waals surface area contributed by atoms with Crippen molar-refractivity contribution in [3.8, 4) is 5.75 Å². The number of halogens is 1. The minimum absolute atomic E-state index is 0.129. The second-order valence-corrected chi connectivity index (χ2v) is 8.43. The van der Waals surface area contributed by atoms with E-state index in [4.69, 9.17) is 9.47 Å². The Morgan fingerprint density at radius 3 is 2.40 bits per heavy atom. The highest BCUT2D eigenvalue weighted by molar-refractivity contribution is 6.23. The number of allylic oxidation sites excluding steroid dienone is 2. The quantitative estimate of drug-likeness (QED) is 0.481. The summed E-state index contributed by atoms with van der Waals surface area (Å²) in [6, 6.07) is 20.9. The number of ether oxygens (including phenoxy) is 2. The molecule has 3 aromatic rings. The van der Waals surface area contributed by atoms with E-state index in [-0.39, 0.29) is 24.8 Å². The van der Waals surface area contributed by atoms with Gasteiger partial charge in [-0.05, 0) is 37.6 Å². The summed E-state index contributed by atoms with van der Waals surface area (Å²) >= 11 is 0. The lowest BCUT2D eigenvalue weighted by Gasteiger charge is -2.30. The van der Waals surface area contributed by atoms with Gasteiger partial charge in [-0.1, -0.05) is 54.6 Å². The number of nitrogens with one attached hydrogen (secondary N) is 1. The van der Waals surface area contributed by atoms with Crippen LogP contribution >= 0.6 is 0 Å². The van der Waals surface area contributed by atoms with Crippen molar-refractivity contribution in [2.75, 3.05) is 6.61 Å². The molecule has 5 rings (SSSR count). The molecule has 1 unspecified atom stereocenters. The van der Waals surface area contributed by atoms with Crippen LogP contribution in [0.25, 0.3) is 5.70 Å². The SMILES string of the molecule is CCOC(=O)C1=C(C)NC2=C(C(=O)c3ccccc32)C1c1ccccc1OCc1ccc(F)cc1. The van der Waals surface area contributed by atoms with Crippen LogP contribution in [0.4, 0.5) is 4.39 Å². The molecule has 0 saturated carbocycles. The number of rotatable bonds is 6. The first-order valence-electron chi connectivity index (χ1n) is 11.5. The van der Waals surface area contributed by atoms with Crippen molar-refractivity contribution >= 4 is 17.4 Å². The summed E-state index contributed by atoms with van der Waals surface area (Å²) in [7, 11) is 0. The van der Waals surface area contributed by atoms with Crippen molar-refractivity contribution in [3.05, 3.63) is 118 Å². The van der Waals surface area contributed by atoms with Crippen LogP contribution in [-0.4, -0.2) is 18.4 Å². The van der Waals surface area contributed by atoms with Gasteiger partial charge < -0.3 is 14.8 Å². The van der Waals surface area contributed by atoms with Crippen molar-refractivity contribution in [2.24, 2.45) is 0 Å². The summed E-state index contributed by atoms with van der Waals surface area (Å²) < 4.78 is 24.9. The van der Waals surface area contributed by atoms with E-state index in [0.29, 0.717) is 39.4 Å². The molecule has 0 radical (unpaired) electrons. The zero-order valence-electron chi connectivity index (χ0n) is 19.4. The van der Waals surface area contributed by atoms with Gasteiger partial charge in [0.05, 0.1) is 23.8 Å². The van der Waals surface area contributed by atoms with E-state index in [2.05, 4.69) is 5.32 Å². The molecule has 1 N–H and O–H groups in total. The topological polar surface area (TPSA) is 64.6 Å². The molecule has 1 atom stereocenters. The first-order chi connectivity index (χ1) is 17.0. The number of esters is 1. The van der Waals surface area contributed by atoms with E-state index in [0.717, 1.165) is 11.1 Å². The number of ketones is 1. The summed E-state index contributed by atoms with van der Waals surface area (Å²) in [6.07, 6.45) is 0. The van der Waals surface area contributed by atoms with Gasteiger partial charge in [-0.3, -0.25) is 4.79 Å². The molecule has 1 aliphatic carbocycles. The van der Waals surface area contributed by atoms with Gasteiger partial charge in [-0.15, -0.1) is 0 Å². The summed E-state index contributed by atoms with van der Waals surface area (Å²) in [5.74, 6) is -1.06. The maximum absolute atomic E-state index is 13.6. The van der Waals surface area contributed by atoms with E-state index in [9.17, 15) is 14.0 Å². The molecule has 35 heavy (non-hydrogen) atoms. The third kappa shape index (κ3) is 4.01. The average molecular weight is 470 g/mol. The van der Waals surface area contributed by atoms with Crippen LogP contribution in [0.1, 0.15) is 46.8 Å². The smallest absolute Gasteiger partial charge is 0.336 e. The van der Waals surface area contributed by atoms with Gasteiger partial charge in [0.2, 0.25) is 0 Å². The number of dihydropyridines is 1. The molecule has 0 saturated heterocycles. The highest BCUT2D eigenvalue weighted by Crippen LogP contribution is 2.48. The summed E-state index contributed by atoms with van der Waals surface area (Å²) in [5.41, 5.74) is 5.10. The number of fused-ring (bicyclic) bond motifs is 2. The number of hydrogen-bond donors (Lipinski definition) is 1. The van der Waals surface area contributed by atoms with Crippen LogP contribution in [0.5, 0.6) is 5.75 Å². The Kier molecular flexibility index (Phi) is 5.95. The van der Waals surface area contributed by atoms with Gasteiger partial charge in [0.15, 0.2) is 5.78 Å². The summed E-state index contributed by atoms with van der Waals surface area (Å²) in [4.78, 5) is 26.8. The molecule has 0 spiro atoms. The minimum atomic E-state index is -0.672. The van der Waals surface area contributed by atoms with Crippen molar-refractivity contribution in [1.29, 1.82) is 0 Å². The highest BCUT2D eigenvalue weighted by Gasteiger charge is 2.43. The number of para-hydroxylation sites is 1. The zero-order valence-corrected chi connectivity index (χ0v) is 19.4. The third-order valence-electron chi connectivity index (χ3n) is 6.28. The fourth-order valence-corrected chi connectivity index (χ4v) is 4.71. The highest BCUT2D eigenvalue weighted by atomic mass is 19.1. The molecule has 0 amide bonds. The van der Waals surface area contributed by atoms with Crippen LogP contribution < -0.4 is 10.1 Å². The van der Waals surface area contributed by atoms with Crippen molar-refractivity contribution in [1.82, 2.24) is 5.32 Å². The Morgan fingerprint density at radius 2 is 1.66 bits per heavy atom. The maximum atomic E-state index is 13.6. The average Bonchev–Trinajstić information content (AvgIpc) is 3.15. The van der Waals surface area contributed by atoms with Gasteiger partial charge >= 0.3 is 5.97 Å². The molecule has 3 aromatic carbocycles. The van der Waals surface area contributed by atoms with Gasteiger partial charge in [0, 0.05) is 28.0 Å². The fourth-order valence-electron chi connectivity index (χ4n) is 4.71. The Hall–Kier alpha value is -4.19. The summed E-state index contributed by atoms with van der Waals surface area (Å²) in [6.45, 7) is 3.99. The lowest BCUT2D eigenvalue weighted by Crippen LogP contribution is -2.29. The van der Waals surface area contributed by atoms with Gasteiger partial charge in [0.25, 0.3) is 0 Å². The van der Waals surface area contributed by atoms with E-state index in [1.54, 1.807) is 25.1 Å². The van der Waals surface area contributed by atoms with Gasteiger partial charge in [0.1, 0.15) is 18.2 Å². The predicted octanol–water partition coefficient (Wildman–Crippen LogP) is 5.54. The zero-order chi connectivity index (χ0) is 24.5. The second-order valence-electron chi connectivity index (χ2n) is 8.43. The minimum Gasteiger partial charge on any atom is -0.489 e. The van der Waals surface area contributed by atoms with E-state index >= 15 is 0 Å². The number of carbonyl (C=O) groups is 2. The van der Waals surface area contributed by atoms with E-state index in [1.165, 1.54) is 12.1 Å². The van der Waals surface area contributed by atoms with Gasteiger partial charge in [-0.25, -0.2) is 9.18 Å². The Balaban J connectivity index is 1.61. The Labute approximate surface area is 202 Å². The number of hydrogen-bond acceptors (Lipinski definition) is 5. The van der Waals surface area contributed by atoms with E-state index in [1.807, 2.05) is 49.4 Å². The van der Waals surface area contributed by atoms with Crippen LogP contribution in [-0.2, 0) is 16.1 Å². The lowest BCUT2D eigenvalue weighted by molar-refractivity contribution is -0.138. The largest absolute Gasteiger partial charge is 0.489 e. The molecule has 2 aliphatic rings.